The molecule has 3 atom stereocenters. The molecule has 36 heavy (non-hydrogen) atoms. The molecule has 2 aliphatic heterocycles. The van der Waals surface area contributed by atoms with Crippen LogP contribution in [0.2, 0.25) is 0 Å². The zero-order valence-electron chi connectivity index (χ0n) is 21.4. The van der Waals surface area contributed by atoms with Crippen LogP contribution in [-0.2, 0) is 10.0 Å². The topological polar surface area (TPSA) is 60.9 Å². The number of sulfonamides is 1. The van der Waals surface area contributed by atoms with Crippen molar-refractivity contribution < 1.29 is 13.5 Å². The van der Waals surface area contributed by atoms with E-state index in [2.05, 4.69) is 61.2 Å². The summed E-state index contributed by atoms with van der Waals surface area (Å²) in [5.41, 5.74) is 6.91. The van der Waals surface area contributed by atoms with Crippen molar-refractivity contribution in [2.75, 3.05) is 26.2 Å². The fraction of sp³-hybridized carbons (Fsp3) is 0.400. The maximum Gasteiger partial charge on any atom is 0.243 e. The van der Waals surface area contributed by atoms with Gasteiger partial charge >= 0.3 is 0 Å². The highest BCUT2D eigenvalue weighted by Crippen LogP contribution is 2.43. The number of benzene rings is 3. The van der Waals surface area contributed by atoms with Crippen LogP contribution in [0.1, 0.15) is 41.0 Å². The fourth-order valence-corrected chi connectivity index (χ4v) is 7.78. The summed E-state index contributed by atoms with van der Waals surface area (Å²) in [5, 5.41) is 10.3. The smallest absolute Gasteiger partial charge is 0.243 e. The quantitative estimate of drug-likeness (QED) is 0.537. The number of nitrogens with zero attached hydrogens (tertiary/aromatic N) is 2. The van der Waals surface area contributed by atoms with Crippen molar-refractivity contribution in [1.82, 2.24) is 9.21 Å². The summed E-state index contributed by atoms with van der Waals surface area (Å²) in [6.45, 7) is 8.08. The highest BCUT2D eigenvalue weighted by atomic mass is 32.2. The zero-order valence-corrected chi connectivity index (χ0v) is 22.2. The molecule has 2 heterocycles. The summed E-state index contributed by atoms with van der Waals surface area (Å²) in [4.78, 5) is 2.72. The number of fused-ring (bicyclic) bond motifs is 1. The van der Waals surface area contributed by atoms with Crippen molar-refractivity contribution in [2.45, 2.75) is 56.5 Å². The van der Waals surface area contributed by atoms with Gasteiger partial charge in [0.05, 0.1) is 11.5 Å². The van der Waals surface area contributed by atoms with Gasteiger partial charge in [-0.25, -0.2) is 8.42 Å². The molecule has 1 unspecified atom stereocenters. The molecular weight excluding hydrogens is 468 g/mol. The van der Waals surface area contributed by atoms with Crippen LogP contribution in [0.15, 0.2) is 71.6 Å². The first kappa shape index (κ1) is 25.2. The van der Waals surface area contributed by atoms with E-state index in [0.29, 0.717) is 18.0 Å². The number of rotatable bonds is 5. The van der Waals surface area contributed by atoms with Gasteiger partial charge < -0.3 is 5.11 Å². The van der Waals surface area contributed by atoms with Crippen LogP contribution in [-0.4, -0.2) is 61.1 Å². The van der Waals surface area contributed by atoms with Crippen molar-refractivity contribution in [3.05, 3.63) is 89.0 Å². The lowest BCUT2D eigenvalue weighted by atomic mass is 9.74. The molecule has 1 N–H and O–H groups in total. The number of aliphatic hydroxyl groups is 1. The number of hydrogen-bond acceptors (Lipinski definition) is 4. The van der Waals surface area contributed by atoms with E-state index in [9.17, 15) is 13.5 Å². The van der Waals surface area contributed by atoms with Gasteiger partial charge in [0.15, 0.2) is 0 Å². The Hall–Kier alpha value is -2.51. The second-order valence-corrected chi connectivity index (χ2v) is 12.2. The first-order valence-corrected chi connectivity index (χ1v) is 14.4. The standard InChI is InChI=1S/C30H36N2O3S/c1-21-10-8-11-26(23(21)3)24-13-15-25(16-14-24)30-27-19-31(17-6-7-18-32(27)28(30)20-33)36(34,35)29-12-5-4-9-22(29)2/h4-5,8-16,27-28,30,33H,6-7,17-20H2,1-3H3/t27-,28?,30-/m0/s1. The van der Waals surface area contributed by atoms with Gasteiger partial charge in [0, 0.05) is 31.1 Å². The summed E-state index contributed by atoms with van der Waals surface area (Å²) in [5.74, 6) is 0.0929. The molecule has 0 amide bonds. The molecule has 0 radical (unpaired) electrons. The summed E-state index contributed by atoms with van der Waals surface area (Å²) in [6.07, 6.45) is 1.74. The lowest BCUT2D eigenvalue weighted by molar-refractivity contribution is -0.0553. The third-order valence-electron chi connectivity index (χ3n) is 8.26. The summed E-state index contributed by atoms with van der Waals surface area (Å²) in [7, 11) is -3.59. The Labute approximate surface area is 215 Å². The minimum Gasteiger partial charge on any atom is -0.395 e. The van der Waals surface area contributed by atoms with Crippen molar-refractivity contribution in [2.24, 2.45) is 0 Å². The van der Waals surface area contributed by atoms with Gasteiger partial charge in [-0.05, 0) is 79.6 Å². The maximum atomic E-state index is 13.7. The van der Waals surface area contributed by atoms with Gasteiger partial charge in [0.25, 0.3) is 0 Å². The van der Waals surface area contributed by atoms with Gasteiger partial charge in [-0.1, -0.05) is 60.7 Å². The largest absolute Gasteiger partial charge is 0.395 e. The fourth-order valence-electron chi connectivity index (χ4n) is 6.06. The molecule has 5 nitrogen and oxygen atoms in total. The Balaban J connectivity index is 1.44. The van der Waals surface area contributed by atoms with Gasteiger partial charge in [-0.15, -0.1) is 0 Å². The molecule has 2 saturated heterocycles. The summed E-state index contributed by atoms with van der Waals surface area (Å²) in [6, 6.07) is 22.3. The second kappa shape index (κ2) is 10.1. The van der Waals surface area contributed by atoms with Crippen molar-refractivity contribution in [3.8, 4) is 11.1 Å². The molecule has 0 saturated carbocycles. The Bertz CT molecular complexity index is 1340. The van der Waals surface area contributed by atoms with Crippen LogP contribution < -0.4 is 0 Å². The van der Waals surface area contributed by atoms with E-state index < -0.39 is 10.0 Å². The predicted octanol–water partition coefficient (Wildman–Crippen LogP) is 4.89. The molecule has 3 aromatic carbocycles. The van der Waals surface area contributed by atoms with Crippen LogP contribution in [0.25, 0.3) is 11.1 Å². The SMILES string of the molecule is Cc1ccccc1S(=O)(=O)N1CCCCN2C(CO)[C@@H](c3ccc(-c4cccc(C)c4C)cc3)[C@@H]2C1. The Morgan fingerprint density at radius 1 is 0.861 bits per heavy atom. The number of hydrogen-bond donors (Lipinski definition) is 1. The molecule has 190 valence electrons. The average molecular weight is 505 g/mol. The molecule has 5 rings (SSSR count). The van der Waals surface area contributed by atoms with Gasteiger partial charge in [-0.3, -0.25) is 4.90 Å². The lowest BCUT2D eigenvalue weighted by Gasteiger charge is -2.57. The van der Waals surface area contributed by atoms with Gasteiger partial charge in [0.2, 0.25) is 10.0 Å². The van der Waals surface area contributed by atoms with E-state index in [1.54, 1.807) is 16.4 Å². The maximum absolute atomic E-state index is 13.7. The normalized spacial score (nSPS) is 23.4. The van der Waals surface area contributed by atoms with Crippen LogP contribution in [0.4, 0.5) is 0 Å². The molecule has 0 aliphatic carbocycles. The minimum atomic E-state index is -3.59. The number of aryl methyl sites for hydroxylation is 2. The molecule has 2 fully saturated rings. The molecule has 3 aromatic rings. The molecule has 2 aliphatic rings. The van der Waals surface area contributed by atoms with Gasteiger partial charge in [-0.2, -0.15) is 4.31 Å². The molecule has 0 aromatic heterocycles. The van der Waals surface area contributed by atoms with E-state index in [0.717, 1.165) is 30.5 Å². The van der Waals surface area contributed by atoms with E-state index in [4.69, 9.17) is 0 Å². The van der Waals surface area contributed by atoms with Crippen LogP contribution in [0.5, 0.6) is 0 Å². The van der Waals surface area contributed by atoms with Crippen molar-refractivity contribution >= 4 is 10.0 Å². The van der Waals surface area contributed by atoms with Crippen molar-refractivity contribution in [1.29, 1.82) is 0 Å². The third-order valence-corrected chi connectivity index (χ3v) is 10.3. The van der Waals surface area contributed by atoms with E-state index in [1.807, 2.05) is 19.1 Å². The Morgan fingerprint density at radius 2 is 1.56 bits per heavy atom. The van der Waals surface area contributed by atoms with Gasteiger partial charge in [0.1, 0.15) is 0 Å². The molecule has 0 bridgehead atoms. The van der Waals surface area contributed by atoms with Crippen LogP contribution in [0, 0.1) is 20.8 Å². The molecular formula is C30H36N2O3S. The first-order valence-electron chi connectivity index (χ1n) is 12.9. The molecule has 0 spiro atoms. The second-order valence-electron chi connectivity index (χ2n) is 10.3. The highest BCUT2D eigenvalue weighted by molar-refractivity contribution is 7.89. The Kier molecular flexibility index (Phi) is 7.05. The predicted molar refractivity (Wildman–Crippen MR) is 145 cm³/mol. The number of aliphatic hydroxyl groups excluding tert-OH is 1. The van der Waals surface area contributed by atoms with Crippen molar-refractivity contribution in [3.63, 3.8) is 0 Å². The zero-order chi connectivity index (χ0) is 25.4. The van der Waals surface area contributed by atoms with Crippen LogP contribution in [0.3, 0.4) is 0 Å². The first-order chi connectivity index (χ1) is 17.3. The van der Waals surface area contributed by atoms with E-state index >= 15 is 0 Å². The third kappa shape index (κ3) is 4.41. The van der Waals surface area contributed by atoms with E-state index in [-0.39, 0.29) is 24.6 Å². The van der Waals surface area contributed by atoms with E-state index in [1.165, 1.54) is 22.3 Å². The minimum absolute atomic E-state index is 0.0164. The monoisotopic (exact) mass is 504 g/mol. The highest BCUT2D eigenvalue weighted by Gasteiger charge is 2.50. The van der Waals surface area contributed by atoms with Crippen LogP contribution >= 0.6 is 0 Å². The molecule has 6 heteroatoms. The summed E-state index contributed by atoms with van der Waals surface area (Å²) >= 11 is 0. The lowest BCUT2D eigenvalue weighted by Crippen LogP contribution is -2.67. The summed E-state index contributed by atoms with van der Waals surface area (Å²) < 4.78 is 29.0. The Morgan fingerprint density at radius 3 is 2.28 bits per heavy atom. The average Bonchev–Trinajstić information content (AvgIpc) is 2.85.